The molecule has 0 aliphatic carbocycles. The molecule has 0 fully saturated rings. The molecule has 0 bridgehead atoms. The van der Waals surface area contributed by atoms with Crippen LogP contribution in [0.5, 0.6) is 5.75 Å². The molecule has 2 nitrogen and oxygen atoms in total. The Balaban J connectivity index is 2.64. The Morgan fingerprint density at radius 2 is 1.65 bits per heavy atom. The predicted molar refractivity (Wildman–Crippen MR) is 69.0 cm³/mol. The van der Waals surface area contributed by atoms with Crippen molar-refractivity contribution in [1.82, 2.24) is 0 Å². The van der Waals surface area contributed by atoms with Crippen molar-refractivity contribution in [1.29, 1.82) is 5.26 Å². The summed E-state index contributed by atoms with van der Waals surface area (Å²) in [5.74, 6) is 0.826. The van der Waals surface area contributed by atoms with E-state index in [1.54, 1.807) is 0 Å². The van der Waals surface area contributed by atoms with Crippen LogP contribution in [0.25, 0.3) is 10.8 Å². The van der Waals surface area contributed by atoms with Crippen LogP contribution in [0.4, 0.5) is 0 Å². The Labute approximate surface area is 101 Å². The van der Waals surface area contributed by atoms with Crippen molar-refractivity contribution in [2.45, 2.75) is 26.4 Å². The summed E-state index contributed by atoms with van der Waals surface area (Å²) in [7, 11) is 0. The number of nitriles is 1. The lowest BCUT2D eigenvalue weighted by Gasteiger charge is -2.22. The van der Waals surface area contributed by atoms with Crippen molar-refractivity contribution in [3.8, 4) is 11.8 Å². The van der Waals surface area contributed by atoms with Gasteiger partial charge in [-0.25, -0.2) is 0 Å². The standard InChI is InChI=1S/C15H15NO/c1-15(2,3)17-14-9-8-11(10-16)12-6-4-5-7-13(12)14/h4-9H,1-3H3. The van der Waals surface area contributed by atoms with Gasteiger partial charge in [0.1, 0.15) is 11.4 Å². The van der Waals surface area contributed by atoms with E-state index >= 15 is 0 Å². The van der Waals surface area contributed by atoms with Crippen LogP contribution in [0, 0.1) is 11.3 Å². The quantitative estimate of drug-likeness (QED) is 0.737. The molecular weight excluding hydrogens is 210 g/mol. The summed E-state index contributed by atoms with van der Waals surface area (Å²) in [4.78, 5) is 0. The molecule has 0 amide bonds. The molecule has 0 radical (unpaired) electrons. The predicted octanol–water partition coefficient (Wildman–Crippen LogP) is 3.89. The molecule has 0 N–H and O–H groups in total. The van der Waals surface area contributed by atoms with Gasteiger partial charge in [0.2, 0.25) is 0 Å². The zero-order chi connectivity index (χ0) is 12.5. The first-order valence-corrected chi connectivity index (χ1v) is 5.62. The zero-order valence-corrected chi connectivity index (χ0v) is 10.3. The minimum Gasteiger partial charge on any atom is -0.488 e. The molecule has 2 aromatic carbocycles. The highest BCUT2D eigenvalue weighted by atomic mass is 16.5. The topological polar surface area (TPSA) is 33.0 Å². The number of hydrogen-bond donors (Lipinski definition) is 0. The number of fused-ring (bicyclic) bond motifs is 1. The van der Waals surface area contributed by atoms with Gasteiger partial charge >= 0.3 is 0 Å². The molecule has 0 spiro atoms. The van der Waals surface area contributed by atoms with Gasteiger partial charge in [-0.05, 0) is 32.9 Å². The van der Waals surface area contributed by atoms with Crippen molar-refractivity contribution >= 4 is 10.8 Å². The first kappa shape index (κ1) is 11.5. The number of nitrogens with zero attached hydrogens (tertiary/aromatic N) is 1. The smallest absolute Gasteiger partial charge is 0.128 e. The maximum Gasteiger partial charge on any atom is 0.128 e. The van der Waals surface area contributed by atoms with Crippen molar-refractivity contribution in [2.24, 2.45) is 0 Å². The summed E-state index contributed by atoms with van der Waals surface area (Å²) in [5.41, 5.74) is 0.443. The summed E-state index contributed by atoms with van der Waals surface area (Å²) in [6.45, 7) is 6.04. The second-order valence-corrected chi connectivity index (χ2v) is 4.98. The van der Waals surface area contributed by atoms with Crippen LogP contribution in [0.3, 0.4) is 0 Å². The summed E-state index contributed by atoms with van der Waals surface area (Å²) >= 11 is 0. The van der Waals surface area contributed by atoms with E-state index in [1.807, 2.05) is 57.2 Å². The van der Waals surface area contributed by atoms with E-state index in [1.165, 1.54) is 0 Å². The Bertz CT molecular complexity index is 588. The largest absolute Gasteiger partial charge is 0.488 e. The lowest BCUT2D eigenvalue weighted by atomic mass is 10.0. The monoisotopic (exact) mass is 225 g/mol. The van der Waals surface area contributed by atoms with Crippen molar-refractivity contribution in [3.05, 3.63) is 42.0 Å². The molecule has 0 aromatic heterocycles. The lowest BCUT2D eigenvalue weighted by molar-refractivity contribution is 0.133. The molecule has 17 heavy (non-hydrogen) atoms. The Morgan fingerprint density at radius 3 is 2.24 bits per heavy atom. The van der Waals surface area contributed by atoms with Crippen LogP contribution in [0.2, 0.25) is 0 Å². The fourth-order valence-electron chi connectivity index (χ4n) is 1.79. The SMILES string of the molecule is CC(C)(C)Oc1ccc(C#N)c2ccccc12. The van der Waals surface area contributed by atoms with E-state index in [-0.39, 0.29) is 5.60 Å². The van der Waals surface area contributed by atoms with Gasteiger partial charge in [-0.3, -0.25) is 0 Å². The highest BCUT2D eigenvalue weighted by Gasteiger charge is 2.14. The molecule has 2 rings (SSSR count). The highest BCUT2D eigenvalue weighted by molar-refractivity contribution is 5.92. The van der Waals surface area contributed by atoms with Gasteiger partial charge in [-0.2, -0.15) is 5.26 Å². The number of hydrogen-bond acceptors (Lipinski definition) is 2. The number of benzene rings is 2. The summed E-state index contributed by atoms with van der Waals surface area (Å²) < 4.78 is 5.91. The van der Waals surface area contributed by atoms with Crippen LogP contribution in [-0.4, -0.2) is 5.60 Å². The summed E-state index contributed by atoms with van der Waals surface area (Å²) in [5, 5.41) is 11.0. The molecule has 0 saturated carbocycles. The molecule has 86 valence electrons. The van der Waals surface area contributed by atoms with Crippen LogP contribution in [-0.2, 0) is 0 Å². The summed E-state index contributed by atoms with van der Waals surface area (Å²) in [6.07, 6.45) is 0. The highest BCUT2D eigenvalue weighted by Crippen LogP contribution is 2.30. The Kier molecular flexibility index (Phi) is 2.77. The second-order valence-electron chi connectivity index (χ2n) is 4.98. The minimum atomic E-state index is -0.239. The Morgan fingerprint density at radius 1 is 1.00 bits per heavy atom. The van der Waals surface area contributed by atoms with Crippen LogP contribution >= 0.6 is 0 Å². The minimum absolute atomic E-state index is 0.239. The number of ether oxygens (including phenoxy) is 1. The molecule has 0 atom stereocenters. The first-order valence-electron chi connectivity index (χ1n) is 5.62. The lowest BCUT2D eigenvalue weighted by Crippen LogP contribution is -2.23. The van der Waals surface area contributed by atoms with E-state index in [9.17, 15) is 0 Å². The van der Waals surface area contributed by atoms with Gasteiger partial charge in [0.15, 0.2) is 0 Å². The summed E-state index contributed by atoms with van der Waals surface area (Å²) in [6, 6.07) is 13.7. The van der Waals surface area contributed by atoms with Crippen LogP contribution < -0.4 is 4.74 Å². The van der Waals surface area contributed by atoms with Gasteiger partial charge in [-0.15, -0.1) is 0 Å². The van der Waals surface area contributed by atoms with Gasteiger partial charge in [0, 0.05) is 10.8 Å². The van der Waals surface area contributed by atoms with Crippen LogP contribution in [0.15, 0.2) is 36.4 Å². The molecule has 2 aromatic rings. The number of rotatable bonds is 1. The fourth-order valence-corrected chi connectivity index (χ4v) is 1.79. The molecule has 0 aliphatic rings. The molecule has 0 heterocycles. The maximum atomic E-state index is 9.07. The third-order valence-electron chi connectivity index (χ3n) is 2.42. The van der Waals surface area contributed by atoms with E-state index in [0.29, 0.717) is 5.56 Å². The average Bonchev–Trinajstić information content (AvgIpc) is 2.28. The van der Waals surface area contributed by atoms with Crippen molar-refractivity contribution in [3.63, 3.8) is 0 Å². The molecule has 2 heteroatoms. The van der Waals surface area contributed by atoms with Gasteiger partial charge < -0.3 is 4.74 Å². The third-order valence-corrected chi connectivity index (χ3v) is 2.42. The maximum absolute atomic E-state index is 9.07. The van der Waals surface area contributed by atoms with E-state index in [2.05, 4.69) is 6.07 Å². The van der Waals surface area contributed by atoms with E-state index in [4.69, 9.17) is 10.00 Å². The zero-order valence-electron chi connectivity index (χ0n) is 10.3. The molecular formula is C15H15NO. The third kappa shape index (κ3) is 2.39. The average molecular weight is 225 g/mol. The Hall–Kier alpha value is -2.01. The van der Waals surface area contributed by atoms with Crippen LogP contribution in [0.1, 0.15) is 26.3 Å². The molecule has 0 unspecified atom stereocenters. The fraction of sp³-hybridized carbons (Fsp3) is 0.267. The van der Waals surface area contributed by atoms with E-state index in [0.717, 1.165) is 16.5 Å². The first-order chi connectivity index (χ1) is 8.01. The van der Waals surface area contributed by atoms with Crippen molar-refractivity contribution < 1.29 is 4.74 Å². The van der Waals surface area contributed by atoms with Gasteiger partial charge in [0.05, 0.1) is 11.6 Å². The second kappa shape index (κ2) is 4.10. The molecule has 0 saturated heterocycles. The van der Waals surface area contributed by atoms with Gasteiger partial charge in [0.25, 0.3) is 0 Å². The van der Waals surface area contributed by atoms with E-state index < -0.39 is 0 Å². The van der Waals surface area contributed by atoms with Gasteiger partial charge in [-0.1, -0.05) is 24.3 Å². The molecule has 0 aliphatic heterocycles. The van der Waals surface area contributed by atoms with Crippen molar-refractivity contribution in [2.75, 3.05) is 0 Å². The normalized spacial score (nSPS) is 11.2.